The Hall–Kier alpha value is -1.30. The average molecular weight is 255 g/mol. The maximum atomic E-state index is 12.0. The molecule has 0 bridgehead atoms. The van der Waals surface area contributed by atoms with Crippen molar-refractivity contribution in [3.05, 3.63) is 17.8 Å². The third-order valence-corrected chi connectivity index (χ3v) is 4.98. The highest BCUT2D eigenvalue weighted by atomic mass is 32.2. The molecule has 1 aliphatic carbocycles. The van der Waals surface area contributed by atoms with Crippen LogP contribution in [0.3, 0.4) is 0 Å². The summed E-state index contributed by atoms with van der Waals surface area (Å²) >= 11 is 0. The van der Waals surface area contributed by atoms with E-state index in [1.54, 1.807) is 6.07 Å². The van der Waals surface area contributed by atoms with E-state index in [1.165, 1.54) is 6.20 Å². The van der Waals surface area contributed by atoms with Crippen molar-refractivity contribution in [3.8, 4) is 0 Å². The first kappa shape index (κ1) is 12.2. The van der Waals surface area contributed by atoms with E-state index in [9.17, 15) is 8.42 Å². The van der Waals surface area contributed by atoms with Gasteiger partial charge < -0.3 is 5.73 Å². The number of aryl methyl sites for hydroxylation is 1. The van der Waals surface area contributed by atoms with Gasteiger partial charge in [0.25, 0.3) is 0 Å². The van der Waals surface area contributed by atoms with Crippen LogP contribution in [0, 0.1) is 6.92 Å². The van der Waals surface area contributed by atoms with Crippen LogP contribution in [0.5, 0.6) is 0 Å². The summed E-state index contributed by atoms with van der Waals surface area (Å²) in [6.07, 6.45) is 4.92. The maximum Gasteiger partial charge on any atom is 0.236 e. The highest BCUT2D eigenvalue weighted by Crippen LogP contribution is 2.26. The Bertz CT molecular complexity index is 507. The number of anilines is 2. The molecule has 1 fully saturated rings. The Morgan fingerprint density at radius 2 is 2.06 bits per heavy atom. The van der Waals surface area contributed by atoms with Crippen LogP contribution in [0.1, 0.15) is 31.2 Å². The Morgan fingerprint density at radius 1 is 1.41 bits per heavy atom. The van der Waals surface area contributed by atoms with Crippen LogP contribution >= 0.6 is 0 Å². The highest BCUT2D eigenvalue weighted by molar-refractivity contribution is 7.93. The molecule has 1 aliphatic rings. The Kier molecular flexibility index (Phi) is 3.24. The molecule has 6 heteroatoms. The molecule has 0 aliphatic heterocycles. The number of nitrogens with two attached hydrogens (primary N) is 1. The number of hydrogen-bond acceptors (Lipinski definition) is 4. The second-order valence-corrected chi connectivity index (χ2v) is 6.44. The highest BCUT2D eigenvalue weighted by Gasteiger charge is 2.28. The molecule has 5 nitrogen and oxygen atoms in total. The SMILES string of the molecule is Cc1cc(NS(=O)(=O)C2CCCC2)ncc1N. The number of hydrogen-bond donors (Lipinski definition) is 2. The lowest BCUT2D eigenvalue weighted by Crippen LogP contribution is -2.25. The summed E-state index contributed by atoms with van der Waals surface area (Å²) in [5, 5.41) is -0.276. The van der Waals surface area contributed by atoms with Crippen LogP contribution in [0.15, 0.2) is 12.3 Å². The van der Waals surface area contributed by atoms with E-state index in [2.05, 4.69) is 9.71 Å². The first-order chi connectivity index (χ1) is 7.99. The number of aromatic nitrogens is 1. The van der Waals surface area contributed by atoms with Gasteiger partial charge in [-0.15, -0.1) is 0 Å². The number of nitrogen functional groups attached to an aromatic ring is 1. The van der Waals surface area contributed by atoms with E-state index in [0.29, 0.717) is 11.5 Å². The first-order valence-corrected chi connectivity index (χ1v) is 7.27. The largest absolute Gasteiger partial charge is 0.397 e. The third kappa shape index (κ3) is 2.69. The molecule has 1 aromatic heterocycles. The van der Waals surface area contributed by atoms with Gasteiger partial charge in [-0.2, -0.15) is 0 Å². The monoisotopic (exact) mass is 255 g/mol. The quantitative estimate of drug-likeness (QED) is 0.860. The van der Waals surface area contributed by atoms with E-state index >= 15 is 0 Å². The van der Waals surface area contributed by atoms with E-state index in [0.717, 1.165) is 31.2 Å². The van der Waals surface area contributed by atoms with Gasteiger partial charge in [-0.05, 0) is 31.4 Å². The maximum absolute atomic E-state index is 12.0. The number of pyridine rings is 1. The number of nitrogens with zero attached hydrogens (tertiary/aromatic N) is 1. The summed E-state index contributed by atoms with van der Waals surface area (Å²) in [4.78, 5) is 3.98. The fraction of sp³-hybridized carbons (Fsp3) is 0.545. The number of rotatable bonds is 3. The van der Waals surface area contributed by atoms with Crippen molar-refractivity contribution >= 4 is 21.5 Å². The van der Waals surface area contributed by atoms with Crippen LogP contribution in [-0.2, 0) is 10.0 Å². The molecule has 0 spiro atoms. The van der Waals surface area contributed by atoms with Gasteiger partial charge >= 0.3 is 0 Å². The van der Waals surface area contributed by atoms with E-state index in [1.807, 2.05) is 6.92 Å². The molecule has 0 saturated heterocycles. The van der Waals surface area contributed by atoms with Crippen molar-refractivity contribution in [2.75, 3.05) is 10.5 Å². The Morgan fingerprint density at radius 3 is 2.65 bits per heavy atom. The zero-order chi connectivity index (χ0) is 12.5. The van der Waals surface area contributed by atoms with E-state index in [4.69, 9.17) is 5.73 Å². The smallest absolute Gasteiger partial charge is 0.236 e. The molecule has 17 heavy (non-hydrogen) atoms. The number of nitrogens with one attached hydrogen (secondary N) is 1. The minimum absolute atomic E-state index is 0.276. The molecule has 1 saturated carbocycles. The molecule has 3 N–H and O–H groups in total. The van der Waals surface area contributed by atoms with Crippen LogP contribution in [0.2, 0.25) is 0 Å². The standard InChI is InChI=1S/C11H17N3O2S/c1-8-6-11(13-7-10(8)12)14-17(15,16)9-4-2-3-5-9/h6-7,9H,2-5,12H2,1H3,(H,13,14). The van der Waals surface area contributed by atoms with Gasteiger partial charge in [0, 0.05) is 0 Å². The molecule has 0 amide bonds. The summed E-state index contributed by atoms with van der Waals surface area (Å²) in [7, 11) is -3.30. The van der Waals surface area contributed by atoms with Gasteiger partial charge in [0.15, 0.2) is 0 Å². The van der Waals surface area contributed by atoms with Gasteiger partial charge in [0.05, 0.1) is 17.1 Å². The van der Waals surface area contributed by atoms with Crippen molar-refractivity contribution in [2.45, 2.75) is 37.9 Å². The van der Waals surface area contributed by atoms with Gasteiger partial charge in [-0.25, -0.2) is 13.4 Å². The van der Waals surface area contributed by atoms with Crippen molar-refractivity contribution in [3.63, 3.8) is 0 Å². The van der Waals surface area contributed by atoms with Crippen molar-refractivity contribution in [1.29, 1.82) is 0 Å². The number of sulfonamides is 1. The van der Waals surface area contributed by atoms with Crippen molar-refractivity contribution in [2.24, 2.45) is 0 Å². The lowest BCUT2D eigenvalue weighted by atomic mass is 10.2. The lowest BCUT2D eigenvalue weighted by molar-refractivity contribution is 0.585. The molecular formula is C11H17N3O2S. The molecule has 1 aromatic rings. The zero-order valence-electron chi connectivity index (χ0n) is 9.81. The normalized spacial score (nSPS) is 17.2. The molecular weight excluding hydrogens is 238 g/mol. The summed E-state index contributed by atoms with van der Waals surface area (Å²) < 4.78 is 26.6. The topological polar surface area (TPSA) is 85.1 Å². The summed E-state index contributed by atoms with van der Waals surface area (Å²) in [5.41, 5.74) is 7.02. The Labute approximate surface area is 101 Å². The zero-order valence-corrected chi connectivity index (χ0v) is 10.6. The predicted octanol–water partition coefficient (Wildman–Crippen LogP) is 1.66. The second-order valence-electron chi connectivity index (χ2n) is 4.48. The lowest BCUT2D eigenvalue weighted by Gasteiger charge is -2.13. The van der Waals surface area contributed by atoms with Gasteiger partial charge in [0.2, 0.25) is 10.0 Å². The van der Waals surface area contributed by atoms with Crippen LogP contribution in [0.4, 0.5) is 11.5 Å². The molecule has 2 rings (SSSR count). The molecule has 0 aromatic carbocycles. The molecule has 0 unspecified atom stereocenters. The van der Waals surface area contributed by atoms with Crippen LogP contribution < -0.4 is 10.5 Å². The summed E-state index contributed by atoms with van der Waals surface area (Å²) in [6.45, 7) is 1.82. The van der Waals surface area contributed by atoms with Gasteiger partial charge in [-0.3, -0.25) is 4.72 Å². The minimum Gasteiger partial charge on any atom is -0.397 e. The van der Waals surface area contributed by atoms with Crippen molar-refractivity contribution in [1.82, 2.24) is 4.98 Å². The third-order valence-electron chi connectivity index (χ3n) is 3.14. The Balaban J connectivity index is 2.17. The van der Waals surface area contributed by atoms with Gasteiger partial charge in [-0.1, -0.05) is 12.8 Å². The first-order valence-electron chi connectivity index (χ1n) is 5.73. The molecule has 0 atom stereocenters. The van der Waals surface area contributed by atoms with E-state index in [-0.39, 0.29) is 5.25 Å². The predicted molar refractivity (Wildman–Crippen MR) is 68.2 cm³/mol. The minimum atomic E-state index is -3.30. The molecule has 0 radical (unpaired) electrons. The van der Waals surface area contributed by atoms with E-state index < -0.39 is 10.0 Å². The van der Waals surface area contributed by atoms with Crippen LogP contribution in [0.25, 0.3) is 0 Å². The van der Waals surface area contributed by atoms with Crippen molar-refractivity contribution < 1.29 is 8.42 Å². The second kappa shape index (κ2) is 4.52. The summed E-state index contributed by atoms with van der Waals surface area (Å²) in [5.74, 6) is 0.351. The molecule has 1 heterocycles. The van der Waals surface area contributed by atoms with Crippen LogP contribution in [-0.4, -0.2) is 18.7 Å². The average Bonchev–Trinajstić information content (AvgIpc) is 2.77. The van der Waals surface area contributed by atoms with Gasteiger partial charge in [0.1, 0.15) is 5.82 Å². The molecule has 94 valence electrons. The summed E-state index contributed by atoms with van der Waals surface area (Å²) in [6, 6.07) is 1.65. The fourth-order valence-corrected chi connectivity index (χ4v) is 3.57. The fourth-order valence-electron chi connectivity index (χ4n) is 2.05.